The molecule has 0 aliphatic rings. The van der Waals surface area contributed by atoms with Gasteiger partial charge in [-0.15, -0.1) is 0 Å². The van der Waals surface area contributed by atoms with Crippen LogP contribution >= 0.6 is 0 Å². The van der Waals surface area contributed by atoms with E-state index in [9.17, 15) is 0 Å². The molecule has 1 heterocycles. The van der Waals surface area contributed by atoms with Crippen LogP contribution in [0.5, 0.6) is 5.75 Å². The van der Waals surface area contributed by atoms with Crippen molar-refractivity contribution < 1.29 is 4.74 Å². The molecule has 0 aliphatic heterocycles. The molecular weight excluding hydrogens is 154 g/mol. The van der Waals surface area contributed by atoms with E-state index in [2.05, 4.69) is 17.3 Å². The van der Waals surface area contributed by atoms with Crippen molar-refractivity contribution in [2.24, 2.45) is 5.84 Å². The molecule has 0 unspecified atom stereocenters. The summed E-state index contributed by atoms with van der Waals surface area (Å²) in [6.07, 6.45) is 2.65. The second kappa shape index (κ2) is 4.56. The highest BCUT2D eigenvalue weighted by atomic mass is 16.5. The zero-order valence-electron chi connectivity index (χ0n) is 7.08. The van der Waals surface area contributed by atoms with E-state index >= 15 is 0 Å². The average Bonchev–Trinajstić information content (AvgIpc) is 2.15. The highest BCUT2D eigenvalue weighted by molar-refractivity contribution is 5.39. The fraction of sp³-hybridized carbons (Fsp3) is 0.375. The Balaban J connectivity index is 2.60. The first-order chi connectivity index (χ1) is 5.86. The van der Waals surface area contributed by atoms with Crippen molar-refractivity contribution in [2.75, 3.05) is 12.0 Å². The van der Waals surface area contributed by atoms with E-state index < -0.39 is 0 Å². The lowest BCUT2D eigenvalue weighted by Crippen LogP contribution is -2.08. The summed E-state index contributed by atoms with van der Waals surface area (Å²) < 4.78 is 5.36. The van der Waals surface area contributed by atoms with Gasteiger partial charge in [-0.05, 0) is 12.5 Å². The smallest absolute Gasteiger partial charge is 0.143 e. The number of nitrogens with two attached hydrogens (primary N) is 1. The minimum atomic E-state index is 0.614. The van der Waals surface area contributed by atoms with Crippen LogP contribution < -0.4 is 16.0 Å². The number of pyridine rings is 1. The fourth-order valence-corrected chi connectivity index (χ4v) is 0.800. The largest absolute Gasteiger partial charge is 0.493 e. The molecule has 0 aromatic carbocycles. The Kier molecular flexibility index (Phi) is 3.35. The van der Waals surface area contributed by atoms with Crippen LogP contribution in [0.4, 0.5) is 5.82 Å². The molecule has 0 amide bonds. The molecule has 3 N–H and O–H groups in total. The van der Waals surface area contributed by atoms with E-state index in [-0.39, 0.29) is 0 Å². The Morgan fingerprint density at radius 3 is 3.17 bits per heavy atom. The van der Waals surface area contributed by atoms with Gasteiger partial charge in [-0.2, -0.15) is 0 Å². The van der Waals surface area contributed by atoms with Crippen molar-refractivity contribution in [1.82, 2.24) is 4.98 Å². The summed E-state index contributed by atoms with van der Waals surface area (Å²) in [5.74, 6) is 6.59. The molecule has 1 rings (SSSR count). The van der Waals surface area contributed by atoms with Crippen LogP contribution in [0.1, 0.15) is 13.3 Å². The van der Waals surface area contributed by atoms with Gasteiger partial charge in [-0.1, -0.05) is 6.92 Å². The van der Waals surface area contributed by atoms with Gasteiger partial charge in [0.05, 0.1) is 6.61 Å². The maximum atomic E-state index is 5.36. The van der Waals surface area contributed by atoms with E-state index in [1.807, 2.05) is 0 Å². The predicted octanol–water partition coefficient (Wildman–Crippen LogP) is 1.16. The standard InChI is InChI=1S/C8H13N3O/c1-2-5-12-7-3-4-10-8(6-7)11-9/h3-4,6H,2,5,9H2,1H3,(H,10,11). The molecule has 66 valence electrons. The Morgan fingerprint density at radius 1 is 1.67 bits per heavy atom. The molecule has 1 aromatic rings. The summed E-state index contributed by atoms with van der Waals surface area (Å²) in [6, 6.07) is 3.56. The van der Waals surface area contributed by atoms with E-state index in [0.29, 0.717) is 12.4 Å². The molecule has 1 aromatic heterocycles. The number of rotatable bonds is 4. The van der Waals surface area contributed by atoms with Gasteiger partial charge in [-0.3, -0.25) is 0 Å². The Bertz CT molecular complexity index is 239. The van der Waals surface area contributed by atoms with Gasteiger partial charge in [0.2, 0.25) is 0 Å². The normalized spacial score (nSPS) is 9.50. The monoisotopic (exact) mass is 167 g/mol. The van der Waals surface area contributed by atoms with E-state index in [1.165, 1.54) is 0 Å². The molecule has 0 aliphatic carbocycles. The molecule has 0 atom stereocenters. The first-order valence-electron chi connectivity index (χ1n) is 3.92. The molecule has 0 radical (unpaired) electrons. The third-order valence-corrected chi connectivity index (χ3v) is 1.35. The van der Waals surface area contributed by atoms with Gasteiger partial charge in [0, 0.05) is 12.3 Å². The number of anilines is 1. The quantitative estimate of drug-likeness (QED) is 0.521. The summed E-state index contributed by atoms with van der Waals surface area (Å²) >= 11 is 0. The van der Waals surface area contributed by atoms with Crippen LogP contribution in [0, 0.1) is 0 Å². The van der Waals surface area contributed by atoms with Crippen molar-refractivity contribution in [1.29, 1.82) is 0 Å². The molecular formula is C8H13N3O. The topological polar surface area (TPSA) is 60.2 Å². The summed E-state index contributed by atoms with van der Waals surface area (Å²) in [7, 11) is 0. The van der Waals surface area contributed by atoms with E-state index in [1.54, 1.807) is 18.3 Å². The lowest BCUT2D eigenvalue weighted by Gasteiger charge is -2.04. The number of aromatic nitrogens is 1. The molecule has 0 fully saturated rings. The molecule has 4 heteroatoms. The van der Waals surface area contributed by atoms with Crippen molar-refractivity contribution in [3.05, 3.63) is 18.3 Å². The number of nitrogens with zero attached hydrogens (tertiary/aromatic N) is 1. The minimum absolute atomic E-state index is 0.614. The van der Waals surface area contributed by atoms with Gasteiger partial charge in [0.15, 0.2) is 0 Å². The zero-order chi connectivity index (χ0) is 8.81. The van der Waals surface area contributed by atoms with Crippen molar-refractivity contribution >= 4 is 5.82 Å². The highest BCUT2D eigenvalue weighted by Gasteiger charge is 1.94. The average molecular weight is 167 g/mol. The maximum Gasteiger partial charge on any atom is 0.143 e. The molecule has 12 heavy (non-hydrogen) atoms. The van der Waals surface area contributed by atoms with Crippen molar-refractivity contribution in [3.63, 3.8) is 0 Å². The van der Waals surface area contributed by atoms with Gasteiger partial charge in [-0.25, -0.2) is 10.8 Å². The molecule has 0 saturated heterocycles. The third kappa shape index (κ3) is 2.39. The fourth-order valence-electron chi connectivity index (χ4n) is 0.800. The number of hydrogen-bond donors (Lipinski definition) is 2. The second-order valence-electron chi connectivity index (χ2n) is 2.37. The SMILES string of the molecule is CCCOc1ccnc(NN)c1. The first kappa shape index (κ1) is 8.80. The first-order valence-corrected chi connectivity index (χ1v) is 3.92. The molecule has 0 bridgehead atoms. The van der Waals surface area contributed by atoms with Crippen LogP contribution in [-0.2, 0) is 0 Å². The molecule has 0 spiro atoms. The molecule has 4 nitrogen and oxygen atoms in total. The summed E-state index contributed by atoms with van der Waals surface area (Å²) in [5, 5.41) is 0. The number of hydrogen-bond acceptors (Lipinski definition) is 4. The highest BCUT2D eigenvalue weighted by Crippen LogP contribution is 2.13. The lowest BCUT2D eigenvalue weighted by atomic mass is 10.4. The van der Waals surface area contributed by atoms with E-state index in [0.717, 1.165) is 12.2 Å². The van der Waals surface area contributed by atoms with Crippen molar-refractivity contribution in [2.45, 2.75) is 13.3 Å². The summed E-state index contributed by atoms with van der Waals surface area (Å²) in [6.45, 7) is 2.78. The van der Waals surface area contributed by atoms with Crippen LogP contribution in [-0.4, -0.2) is 11.6 Å². The Morgan fingerprint density at radius 2 is 2.50 bits per heavy atom. The summed E-state index contributed by atoms with van der Waals surface area (Å²) in [5.41, 5.74) is 2.45. The van der Waals surface area contributed by atoms with Crippen LogP contribution in [0.3, 0.4) is 0 Å². The summed E-state index contributed by atoms with van der Waals surface area (Å²) in [4.78, 5) is 3.95. The van der Waals surface area contributed by atoms with Crippen molar-refractivity contribution in [3.8, 4) is 5.75 Å². The maximum absolute atomic E-state index is 5.36. The number of nitrogen functional groups attached to an aromatic ring is 1. The van der Waals surface area contributed by atoms with Gasteiger partial charge < -0.3 is 10.2 Å². The Hall–Kier alpha value is -1.29. The number of hydrazine groups is 1. The minimum Gasteiger partial charge on any atom is -0.493 e. The Labute approximate surface area is 71.7 Å². The molecule has 0 saturated carbocycles. The van der Waals surface area contributed by atoms with E-state index in [4.69, 9.17) is 10.6 Å². The lowest BCUT2D eigenvalue weighted by molar-refractivity contribution is 0.317. The number of ether oxygens (including phenoxy) is 1. The third-order valence-electron chi connectivity index (χ3n) is 1.35. The predicted molar refractivity (Wildman–Crippen MR) is 47.8 cm³/mol. The van der Waals surface area contributed by atoms with Gasteiger partial charge in [0.1, 0.15) is 11.6 Å². The van der Waals surface area contributed by atoms with Gasteiger partial charge in [0.25, 0.3) is 0 Å². The number of nitrogens with one attached hydrogen (secondary N) is 1. The van der Waals surface area contributed by atoms with Crippen LogP contribution in [0.2, 0.25) is 0 Å². The van der Waals surface area contributed by atoms with Gasteiger partial charge >= 0.3 is 0 Å². The zero-order valence-corrected chi connectivity index (χ0v) is 7.08. The van der Waals surface area contributed by atoms with Crippen LogP contribution in [0.25, 0.3) is 0 Å². The second-order valence-corrected chi connectivity index (χ2v) is 2.37. The van der Waals surface area contributed by atoms with Crippen LogP contribution in [0.15, 0.2) is 18.3 Å².